The molecule has 4 nitrogen and oxygen atoms in total. The molecule has 0 bridgehead atoms. The molecule has 1 saturated carbocycles. The van der Waals surface area contributed by atoms with E-state index < -0.39 is 0 Å². The summed E-state index contributed by atoms with van der Waals surface area (Å²) >= 11 is 0. The van der Waals surface area contributed by atoms with Crippen LogP contribution in [0.25, 0.3) is 0 Å². The Labute approximate surface area is 110 Å². The molecule has 1 fully saturated rings. The van der Waals surface area contributed by atoms with Gasteiger partial charge in [0, 0.05) is 25.6 Å². The lowest BCUT2D eigenvalue weighted by atomic mass is 10.1. The first-order valence-electron chi connectivity index (χ1n) is 6.92. The Bertz CT molecular complexity index is 397. The van der Waals surface area contributed by atoms with Crippen LogP contribution in [0.2, 0.25) is 0 Å². The van der Waals surface area contributed by atoms with Crippen LogP contribution in [-0.4, -0.2) is 23.6 Å². The van der Waals surface area contributed by atoms with Gasteiger partial charge >= 0.3 is 0 Å². The van der Waals surface area contributed by atoms with Crippen molar-refractivity contribution < 1.29 is 0 Å². The summed E-state index contributed by atoms with van der Waals surface area (Å²) < 4.78 is 0. The van der Waals surface area contributed by atoms with Crippen LogP contribution in [0.4, 0.5) is 11.6 Å². The van der Waals surface area contributed by atoms with Crippen molar-refractivity contribution in [2.75, 3.05) is 24.2 Å². The lowest BCUT2D eigenvalue weighted by molar-refractivity contribution is 0.544. The van der Waals surface area contributed by atoms with Gasteiger partial charge in [-0.1, -0.05) is 26.7 Å². The monoisotopic (exact) mass is 248 g/mol. The zero-order chi connectivity index (χ0) is 13.1. The molecule has 2 rings (SSSR count). The Hall–Kier alpha value is -1.32. The van der Waals surface area contributed by atoms with E-state index in [-0.39, 0.29) is 0 Å². The van der Waals surface area contributed by atoms with Gasteiger partial charge in [0.05, 0.1) is 0 Å². The van der Waals surface area contributed by atoms with E-state index in [1.165, 1.54) is 25.7 Å². The molecular weight excluding hydrogens is 224 g/mol. The summed E-state index contributed by atoms with van der Waals surface area (Å²) in [6.07, 6.45) is 5.45. The van der Waals surface area contributed by atoms with Crippen molar-refractivity contribution in [2.45, 2.75) is 45.4 Å². The third kappa shape index (κ3) is 3.12. The minimum absolute atomic E-state index is 0.312. The second-order valence-corrected chi connectivity index (χ2v) is 5.69. The van der Waals surface area contributed by atoms with Crippen molar-refractivity contribution in [3.8, 4) is 0 Å². The summed E-state index contributed by atoms with van der Waals surface area (Å²) in [5.41, 5.74) is 5.87. The van der Waals surface area contributed by atoms with E-state index in [1.807, 2.05) is 6.07 Å². The second-order valence-electron chi connectivity index (χ2n) is 5.69. The number of anilines is 2. The molecule has 1 aliphatic rings. The molecule has 4 heteroatoms. The van der Waals surface area contributed by atoms with Crippen LogP contribution in [0.1, 0.15) is 51.3 Å². The average molecular weight is 248 g/mol. The Morgan fingerprint density at radius 3 is 2.61 bits per heavy atom. The van der Waals surface area contributed by atoms with Crippen LogP contribution in [0.5, 0.6) is 0 Å². The van der Waals surface area contributed by atoms with Crippen molar-refractivity contribution in [2.24, 2.45) is 5.92 Å². The van der Waals surface area contributed by atoms with Crippen LogP contribution >= 0.6 is 0 Å². The molecule has 100 valence electrons. The molecule has 1 aliphatic carbocycles. The van der Waals surface area contributed by atoms with Gasteiger partial charge in [0.15, 0.2) is 0 Å². The minimum Gasteiger partial charge on any atom is -0.384 e. The molecule has 0 unspecified atom stereocenters. The molecule has 0 atom stereocenters. The van der Waals surface area contributed by atoms with E-state index >= 15 is 0 Å². The van der Waals surface area contributed by atoms with Gasteiger partial charge in [-0.3, -0.25) is 0 Å². The summed E-state index contributed by atoms with van der Waals surface area (Å²) in [7, 11) is 2.10. The Morgan fingerprint density at radius 1 is 1.33 bits per heavy atom. The Morgan fingerprint density at radius 2 is 2.00 bits per heavy atom. The number of rotatable bonds is 4. The van der Waals surface area contributed by atoms with E-state index in [2.05, 4.69) is 35.8 Å². The highest BCUT2D eigenvalue weighted by atomic mass is 15.2. The summed E-state index contributed by atoms with van der Waals surface area (Å²) in [5.74, 6) is 3.49. The van der Waals surface area contributed by atoms with Crippen LogP contribution in [0.15, 0.2) is 6.07 Å². The van der Waals surface area contributed by atoms with E-state index in [1.54, 1.807) is 0 Å². The number of hydrogen-bond donors (Lipinski definition) is 1. The largest absolute Gasteiger partial charge is 0.384 e. The van der Waals surface area contributed by atoms with Crippen LogP contribution < -0.4 is 10.6 Å². The van der Waals surface area contributed by atoms with Gasteiger partial charge in [0.25, 0.3) is 0 Å². The molecule has 2 N–H and O–H groups in total. The first kappa shape index (κ1) is 13.1. The standard InChI is InChI=1S/C14H24N4/c1-10(2)14-16-12(15)8-13(17-14)18(3)9-11-6-4-5-7-11/h8,10-11H,4-7,9H2,1-3H3,(H2,15,16,17). The maximum absolute atomic E-state index is 5.87. The molecular formula is C14H24N4. The number of aromatic nitrogens is 2. The second kappa shape index (κ2) is 5.55. The van der Waals surface area contributed by atoms with Crippen molar-refractivity contribution in [1.29, 1.82) is 0 Å². The predicted octanol–water partition coefficient (Wildman–Crippen LogP) is 2.81. The molecule has 1 heterocycles. The molecule has 1 aromatic heterocycles. The molecule has 0 aliphatic heterocycles. The van der Waals surface area contributed by atoms with E-state index in [0.29, 0.717) is 11.7 Å². The number of nitrogens with two attached hydrogens (primary N) is 1. The number of nitrogens with zero attached hydrogens (tertiary/aromatic N) is 3. The summed E-state index contributed by atoms with van der Waals surface area (Å²) in [4.78, 5) is 11.1. The highest BCUT2D eigenvalue weighted by Gasteiger charge is 2.18. The third-order valence-electron chi connectivity index (χ3n) is 3.66. The lowest BCUT2D eigenvalue weighted by Gasteiger charge is -2.23. The van der Waals surface area contributed by atoms with Gasteiger partial charge in [-0.15, -0.1) is 0 Å². The first-order chi connectivity index (χ1) is 8.56. The van der Waals surface area contributed by atoms with Crippen molar-refractivity contribution in [3.63, 3.8) is 0 Å². The first-order valence-corrected chi connectivity index (χ1v) is 6.92. The fourth-order valence-electron chi connectivity index (χ4n) is 2.60. The highest BCUT2D eigenvalue weighted by molar-refractivity contribution is 5.46. The minimum atomic E-state index is 0.312. The molecule has 0 saturated heterocycles. The number of nitrogen functional groups attached to an aromatic ring is 1. The smallest absolute Gasteiger partial charge is 0.135 e. The summed E-state index contributed by atoms with van der Waals surface area (Å²) in [6.45, 7) is 5.26. The van der Waals surface area contributed by atoms with Crippen molar-refractivity contribution >= 4 is 11.6 Å². The van der Waals surface area contributed by atoms with Gasteiger partial charge in [-0.25, -0.2) is 9.97 Å². The van der Waals surface area contributed by atoms with Crippen LogP contribution in [0.3, 0.4) is 0 Å². The zero-order valence-corrected chi connectivity index (χ0v) is 11.7. The molecule has 1 aromatic rings. The third-order valence-corrected chi connectivity index (χ3v) is 3.66. The highest BCUT2D eigenvalue weighted by Crippen LogP contribution is 2.27. The van der Waals surface area contributed by atoms with Gasteiger partial charge in [0.1, 0.15) is 17.5 Å². The van der Waals surface area contributed by atoms with Crippen LogP contribution in [-0.2, 0) is 0 Å². The van der Waals surface area contributed by atoms with Gasteiger partial charge in [-0.2, -0.15) is 0 Å². The summed E-state index contributed by atoms with van der Waals surface area (Å²) in [6, 6.07) is 1.88. The predicted molar refractivity (Wildman–Crippen MR) is 75.8 cm³/mol. The van der Waals surface area contributed by atoms with E-state index in [0.717, 1.165) is 24.1 Å². The van der Waals surface area contributed by atoms with E-state index in [9.17, 15) is 0 Å². The lowest BCUT2D eigenvalue weighted by Crippen LogP contribution is -2.25. The fourth-order valence-corrected chi connectivity index (χ4v) is 2.60. The Kier molecular flexibility index (Phi) is 4.04. The van der Waals surface area contributed by atoms with Gasteiger partial charge < -0.3 is 10.6 Å². The SMILES string of the molecule is CC(C)c1nc(N)cc(N(C)CC2CCCC2)n1. The molecule has 0 radical (unpaired) electrons. The molecule has 0 aromatic carbocycles. The quantitative estimate of drug-likeness (QED) is 0.890. The molecule has 18 heavy (non-hydrogen) atoms. The maximum Gasteiger partial charge on any atom is 0.135 e. The molecule has 0 spiro atoms. The van der Waals surface area contributed by atoms with E-state index in [4.69, 9.17) is 5.73 Å². The summed E-state index contributed by atoms with van der Waals surface area (Å²) in [5, 5.41) is 0. The average Bonchev–Trinajstić information content (AvgIpc) is 2.80. The fraction of sp³-hybridized carbons (Fsp3) is 0.714. The van der Waals surface area contributed by atoms with Gasteiger partial charge in [0.2, 0.25) is 0 Å². The number of hydrogen-bond acceptors (Lipinski definition) is 4. The molecule has 0 amide bonds. The van der Waals surface area contributed by atoms with Crippen LogP contribution in [0, 0.1) is 5.92 Å². The topological polar surface area (TPSA) is 55.0 Å². The normalized spacial score (nSPS) is 16.4. The Balaban J connectivity index is 2.10. The van der Waals surface area contributed by atoms with Crippen molar-refractivity contribution in [1.82, 2.24) is 9.97 Å². The van der Waals surface area contributed by atoms with Gasteiger partial charge in [-0.05, 0) is 18.8 Å². The maximum atomic E-state index is 5.87. The zero-order valence-electron chi connectivity index (χ0n) is 11.7. The van der Waals surface area contributed by atoms with Crippen molar-refractivity contribution in [3.05, 3.63) is 11.9 Å².